The van der Waals surface area contributed by atoms with Crippen LogP contribution in [0.4, 0.5) is 23.2 Å². The molecule has 3 N–H and O–H groups in total. The lowest BCUT2D eigenvalue weighted by Crippen LogP contribution is -2.53. The highest BCUT2D eigenvalue weighted by Gasteiger charge is 2.56. The molecule has 0 bridgehead atoms. The number of rotatable bonds is 10. The highest BCUT2D eigenvalue weighted by atomic mass is 19.4. The number of aliphatic hydroxyl groups is 1. The second kappa shape index (κ2) is 13.1. The molecule has 0 aliphatic carbocycles. The summed E-state index contributed by atoms with van der Waals surface area (Å²) in [6, 6.07) is 13.3. The van der Waals surface area contributed by atoms with E-state index in [1.54, 1.807) is 46.8 Å². The van der Waals surface area contributed by atoms with Gasteiger partial charge in [-0.25, -0.2) is 9.07 Å². The molecule has 256 valence electrons. The van der Waals surface area contributed by atoms with E-state index in [1.807, 2.05) is 6.07 Å². The van der Waals surface area contributed by atoms with Crippen LogP contribution in [0.3, 0.4) is 0 Å². The molecule has 5 rings (SSSR count). The topological polar surface area (TPSA) is 109 Å². The van der Waals surface area contributed by atoms with Crippen molar-refractivity contribution < 1.29 is 37.0 Å². The smallest absolute Gasteiger partial charge is 0.418 e. The zero-order valence-corrected chi connectivity index (χ0v) is 27.4. The maximum absolute atomic E-state index is 14.6. The molecule has 1 aliphatic heterocycles. The molecule has 1 saturated heterocycles. The van der Waals surface area contributed by atoms with Gasteiger partial charge >= 0.3 is 6.18 Å². The molecule has 0 saturated carbocycles. The quantitative estimate of drug-likeness (QED) is 0.182. The van der Waals surface area contributed by atoms with Crippen LogP contribution < -0.4 is 15.4 Å². The Morgan fingerprint density at radius 2 is 1.85 bits per heavy atom. The molecule has 48 heavy (non-hydrogen) atoms. The standard InChI is InChI=1S/C35H39F4N5O4/c1-21-14-27(41-20-34(47,35(37,38)39)19-33(2,3)26-17-23(36)11-12-30(26)48-5)25-18-42-44(29(25)15-21)24-9-6-8-22(16-24)32(46)43-13-7-10-28(43)31(45)40-4/h6,8-9,11-12,14-18,28,41,47H,7,10,13,19-20H2,1-5H3,(H,40,45). The Morgan fingerprint density at radius 3 is 2.54 bits per heavy atom. The van der Waals surface area contributed by atoms with Gasteiger partial charge < -0.3 is 25.4 Å². The van der Waals surface area contributed by atoms with Gasteiger partial charge in [-0.2, -0.15) is 18.3 Å². The Labute approximate surface area is 275 Å². The summed E-state index contributed by atoms with van der Waals surface area (Å²) in [5.74, 6) is -0.932. The van der Waals surface area contributed by atoms with Crippen molar-refractivity contribution in [3.8, 4) is 11.4 Å². The van der Waals surface area contributed by atoms with Gasteiger partial charge in [0.05, 0.1) is 31.1 Å². The van der Waals surface area contributed by atoms with Crippen molar-refractivity contribution in [1.29, 1.82) is 0 Å². The third-order valence-corrected chi connectivity index (χ3v) is 8.96. The molecule has 1 aromatic heterocycles. The molecule has 2 atom stereocenters. The van der Waals surface area contributed by atoms with E-state index in [4.69, 9.17) is 4.74 Å². The summed E-state index contributed by atoms with van der Waals surface area (Å²) < 4.78 is 64.7. The average Bonchev–Trinajstić information content (AvgIpc) is 3.70. The highest BCUT2D eigenvalue weighted by Crippen LogP contribution is 2.44. The largest absolute Gasteiger partial charge is 0.496 e. The van der Waals surface area contributed by atoms with Crippen LogP contribution in [0.2, 0.25) is 0 Å². The summed E-state index contributed by atoms with van der Waals surface area (Å²) in [5, 5.41) is 21.6. The predicted octanol–water partition coefficient (Wildman–Crippen LogP) is 5.91. The first-order valence-electron chi connectivity index (χ1n) is 15.6. The zero-order valence-electron chi connectivity index (χ0n) is 27.4. The SMILES string of the molecule is CNC(=O)C1CCCN1C(=O)c1cccc(-n2ncc3c(NCC(O)(CC(C)(C)c4cc(F)ccc4OC)C(F)(F)F)cc(C)cc32)c1. The number of methoxy groups -OCH3 is 1. The van der Waals surface area contributed by atoms with Crippen LogP contribution in [0.25, 0.3) is 16.6 Å². The average molecular weight is 670 g/mol. The van der Waals surface area contributed by atoms with Gasteiger partial charge in [0, 0.05) is 35.8 Å². The lowest BCUT2D eigenvalue weighted by molar-refractivity contribution is -0.260. The summed E-state index contributed by atoms with van der Waals surface area (Å²) in [6.07, 6.45) is -3.04. The number of aryl methyl sites for hydroxylation is 1. The van der Waals surface area contributed by atoms with E-state index in [-0.39, 0.29) is 23.1 Å². The van der Waals surface area contributed by atoms with Crippen LogP contribution in [-0.2, 0) is 10.2 Å². The van der Waals surface area contributed by atoms with E-state index in [1.165, 1.54) is 40.3 Å². The molecule has 13 heteroatoms. The number of hydrogen-bond donors (Lipinski definition) is 3. The van der Waals surface area contributed by atoms with Crippen molar-refractivity contribution in [3.05, 3.63) is 83.3 Å². The summed E-state index contributed by atoms with van der Waals surface area (Å²) >= 11 is 0. The Bertz CT molecular complexity index is 1840. The second-order valence-electron chi connectivity index (χ2n) is 12.9. The van der Waals surface area contributed by atoms with Crippen molar-refractivity contribution in [1.82, 2.24) is 20.0 Å². The minimum atomic E-state index is -5.04. The van der Waals surface area contributed by atoms with Crippen LogP contribution in [0, 0.1) is 12.7 Å². The number of hydrogen-bond acceptors (Lipinski definition) is 6. The minimum absolute atomic E-state index is 0.196. The fourth-order valence-electron chi connectivity index (χ4n) is 6.54. The van der Waals surface area contributed by atoms with E-state index < -0.39 is 42.0 Å². The zero-order chi connectivity index (χ0) is 35.0. The molecule has 2 unspecified atom stereocenters. The fraction of sp³-hybridized carbons (Fsp3) is 0.400. The number of benzene rings is 3. The molecule has 0 spiro atoms. The molecule has 0 radical (unpaired) electrons. The van der Waals surface area contributed by atoms with Crippen molar-refractivity contribution in [2.45, 2.75) is 63.3 Å². The van der Waals surface area contributed by atoms with Gasteiger partial charge in [0.1, 0.15) is 17.6 Å². The van der Waals surface area contributed by atoms with Gasteiger partial charge in [-0.15, -0.1) is 0 Å². The normalized spacial score (nSPS) is 16.5. The van der Waals surface area contributed by atoms with Crippen LogP contribution in [0.15, 0.2) is 60.8 Å². The third-order valence-electron chi connectivity index (χ3n) is 8.96. The number of amides is 2. The summed E-state index contributed by atoms with van der Waals surface area (Å²) in [6.45, 7) is 4.34. The molecule has 1 aliphatic rings. The van der Waals surface area contributed by atoms with Crippen molar-refractivity contribution in [3.63, 3.8) is 0 Å². The van der Waals surface area contributed by atoms with Crippen molar-refractivity contribution in [2.24, 2.45) is 0 Å². The third kappa shape index (κ3) is 6.69. The lowest BCUT2D eigenvalue weighted by Gasteiger charge is -2.38. The number of carbonyl (C=O) groups excluding carboxylic acids is 2. The number of nitrogens with zero attached hydrogens (tertiary/aromatic N) is 3. The minimum Gasteiger partial charge on any atom is -0.496 e. The first kappa shape index (κ1) is 34.7. The number of anilines is 1. The number of halogens is 4. The van der Waals surface area contributed by atoms with E-state index in [9.17, 15) is 32.3 Å². The van der Waals surface area contributed by atoms with Gasteiger partial charge in [0.15, 0.2) is 5.60 Å². The number of ether oxygens (including phenoxy) is 1. The van der Waals surface area contributed by atoms with Gasteiger partial charge in [0.2, 0.25) is 5.91 Å². The van der Waals surface area contributed by atoms with Gasteiger partial charge in [-0.05, 0) is 85.7 Å². The second-order valence-corrected chi connectivity index (χ2v) is 12.9. The number of alkyl halides is 3. The predicted molar refractivity (Wildman–Crippen MR) is 174 cm³/mol. The van der Waals surface area contributed by atoms with Gasteiger partial charge in [-0.1, -0.05) is 19.9 Å². The molecule has 3 aromatic carbocycles. The summed E-state index contributed by atoms with van der Waals surface area (Å²) in [4.78, 5) is 27.3. The molecule has 2 heterocycles. The maximum atomic E-state index is 14.6. The molecule has 2 amide bonds. The summed E-state index contributed by atoms with van der Waals surface area (Å²) in [5.41, 5.74) is -1.86. The maximum Gasteiger partial charge on any atom is 0.418 e. The molecule has 4 aromatic rings. The number of likely N-dealkylation sites (N-methyl/N-ethyl adjacent to an activating group) is 1. The molecular formula is C35H39F4N5O4. The van der Waals surface area contributed by atoms with Gasteiger partial charge in [-0.3, -0.25) is 9.59 Å². The Kier molecular flexibility index (Phi) is 9.46. The van der Waals surface area contributed by atoms with Gasteiger partial charge in [0.25, 0.3) is 5.91 Å². The number of nitrogens with one attached hydrogen (secondary N) is 2. The molecular weight excluding hydrogens is 630 g/mol. The molecule has 9 nitrogen and oxygen atoms in total. The summed E-state index contributed by atoms with van der Waals surface area (Å²) in [7, 11) is 2.88. The Balaban J connectivity index is 1.44. The monoisotopic (exact) mass is 669 g/mol. The first-order chi connectivity index (χ1) is 22.6. The van der Waals surface area contributed by atoms with Crippen molar-refractivity contribution >= 4 is 28.4 Å². The lowest BCUT2D eigenvalue weighted by atomic mass is 9.74. The van der Waals surface area contributed by atoms with Crippen LogP contribution >= 0.6 is 0 Å². The first-order valence-corrected chi connectivity index (χ1v) is 15.6. The van der Waals surface area contributed by atoms with E-state index in [0.29, 0.717) is 52.8 Å². The van der Waals surface area contributed by atoms with Crippen molar-refractivity contribution in [2.75, 3.05) is 32.6 Å². The van der Waals surface area contributed by atoms with Crippen LogP contribution in [-0.4, -0.2) is 76.7 Å². The van der Waals surface area contributed by atoms with Crippen LogP contribution in [0.5, 0.6) is 5.75 Å². The number of carbonyl (C=O) groups is 2. The van der Waals surface area contributed by atoms with Crippen LogP contribution in [0.1, 0.15) is 54.6 Å². The van der Waals surface area contributed by atoms with E-state index in [2.05, 4.69) is 15.7 Å². The number of aromatic nitrogens is 2. The van der Waals surface area contributed by atoms with E-state index >= 15 is 0 Å². The fourth-order valence-corrected chi connectivity index (χ4v) is 6.54. The molecule has 1 fully saturated rings. The Morgan fingerprint density at radius 1 is 1.10 bits per heavy atom. The highest BCUT2D eigenvalue weighted by molar-refractivity contribution is 5.99. The Hall–Kier alpha value is -4.65. The number of fused-ring (bicyclic) bond motifs is 1. The van der Waals surface area contributed by atoms with E-state index in [0.717, 1.165) is 12.1 Å². The number of likely N-dealkylation sites (tertiary alicyclic amines) is 1.